The highest BCUT2D eigenvalue weighted by atomic mass is 14.6. The molecule has 0 spiro atoms. The molecule has 0 nitrogen and oxygen atoms in total. The van der Waals surface area contributed by atoms with Crippen LogP contribution in [0.4, 0.5) is 0 Å². The molecule has 3 saturated carbocycles. The molecular weight excluding hydrogens is 180 g/mol. The van der Waals surface area contributed by atoms with Crippen LogP contribution in [0.15, 0.2) is 0 Å². The molecule has 0 heterocycles. The van der Waals surface area contributed by atoms with Gasteiger partial charge in [0, 0.05) is 0 Å². The first-order valence-electron chi connectivity index (χ1n) is 7.19. The van der Waals surface area contributed by atoms with E-state index in [0.29, 0.717) is 0 Å². The predicted octanol–water partition coefficient (Wildman–Crippen LogP) is 4.64. The third-order valence-electron chi connectivity index (χ3n) is 5.79. The summed E-state index contributed by atoms with van der Waals surface area (Å²) < 4.78 is 0. The molecule has 15 heavy (non-hydrogen) atoms. The van der Waals surface area contributed by atoms with Crippen molar-refractivity contribution >= 4 is 0 Å². The molecule has 0 N–H and O–H groups in total. The first kappa shape index (κ1) is 10.2. The molecule has 0 aromatic rings. The SMILES string of the molecule is CC1CCCCC2CC2(C)CCC2CC12. The molecule has 0 aromatic heterocycles. The van der Waals surface area contributed by atoms with Crippen molar-refractivity contribution in [2.24, 2.45) is 29.1 Å². The fourth-order valence-corrected chi connectivity index (χ4v) is 4.15. The fraction of sp³-hybridized carbons (Fsp3) is 1.00. The summed E-state index contributed by atoms with van der Waals surface area (Å²) in [5.74, 6) is 4.42. The first-order chi connectivity index (χ1) is 7.19. The molecule has 5 unspecified atom stereocenters. The third-order valence-corrected chi connectivity index (χ3v) is 5.79. The summed E-state index contributed by atoms with van der Waals surface area (Å²) in [6, 6.07) is 0. The second-order valence-electron chi connectivity index (χ2n) is 7.02. The van der Waals surface area contributed by atoms with Crippen LogP contribution in [0.5, 0.6) is 0 Å². The maximum Gasteiger partial charge on any atom is -0.0294 e. The van der Waals surface area contributed by atoms with Crippen molar-refractivity contribution in [3.05, 3.63) is 0 Å². The van der Waals surface area contributed by atoms with Crippen LogP contribution in [0.3, 0.4) is 0 Å². The summed E-state index contributed by atoms with van der Waals surface area (Å²) in [5.41, 5.74) is 0.792. The van der Waals surface area contributed by atoms with Crippen LogP contribution in [-0.4, -0.2) is 0 Å². The van der Waals surface area contributed by atoms with Gasteiger partial charge in [-0.3, -0.25) is 0 Å². The second kappa shape index (κ2) is 3.50. The maximum absolute atomic E-state index is 2.55. The zero-order valence-electron chi connectivity index (χ0n) is 10.5. The molecule has 3 rings (SSSR count). The Hall–Kier alpha value is 0. The highest BCUT2D eigenvalue weighted by Crippen LogP contribution is 2.61. The number of hydrogen-bond acceptors (Lipinski definition) is 0. The monoisotopic (exact) mass is 206 g/mol. The van der Waals surface area contributed by atoms with Gasteiger partial charge in [-0.15, -0.1) is 0 Å². The van der Waals surface area contributed by atoms with Gasteiger partial charge < -0.3 is 0 Å². The van der Waals surface area contributed by atoms with E-state index < -0.39 is 0 Å². The molecule has 3 aliphatic carbocycles. The summed E-state index contributed by atoms with van der Waals surface area (Å²) in [6.45, 7) is 5.06. The third kappa shape index (κ3) is 1.97. The van der Waals surface area contributed by atoms with Crippen LogP contribution in [0, 0.1) is 29.1 Å². The number of hydrogen-bond donors (Lipinski definition) is 0. The number of rotatable bonds is 0. The zero-order valence-corrected chi connectivity index (χ0v) is 10.5. The van der Waals surface area contributed by atoms with Gasteiger partial charge in [0.25, 0.3) is 0 Å². The normalized spacial score (nSPS) is 54.8. The highest BCUT2D eigenvalue weighted by molar-refractivity contribution is 5.01. The minimum absolute atomic E-state index is 0.792. The Kier molecular flexibility index (Phi) is 2.37. The Morgan fingerprint density at radius 3 is 2.73 bits per heavy atom. The van der Waals surface area contributed by atoms with E-state index in [9.17, 15) is 0 Å². The molecule has 5 atom stereocenters. The van der Waals surface area contributed by atoms with Crippen LogP contribution in [-0.2, 0) is 0 Å². The van der Waals surface area contributed by atoms with E-state index in [1.807, 2.05) is 0 Å². The van der Waals surface area contributed by atoms with E-state index in [4.69, 9.17) is 0 Å². The Balaban J connectivity index is 1.61. The molecule has 86 valence electrons. The van der Waals surface area contributed by atoms with Crippen LogP contribution >= 0.6 is 0 Å². The predicted molar refractivity (Wildman–Crippen MR) is 64.7 cm³/mol. The maximum atomic E-state index is 2.55. The molecule has 3 aliphatic rings. The molecule has 0 saturated heterocycles. The van der Waals surface area contributed by atoms with Crippen molar-refractivity contribution in [1.82, 2.24) is 0 Å². The van der Waals surface area contributed by atoms with Crippen molar-refractivity contribution in [3.8, 4) is 0 Å². The van der Waals surface area contributed by atoms with E-state index in [1.54, 1.807) is 32.1 Å². The van der Waals surface area contributed by atoms with Gasteiger partial charge in [0.05, 0.1) is 0 Å². The average Bonchev–Trinajstić information content (AvgIpc) is 3.06. The van der Waals surface area contributed by atoms with Gasteiger partial charge in [-0.2, -0.15) is 0 Å². The van der Waals surface area contributed by atoms with Gasteiger partial charge in [-0.1, -0.05) is 33.1 Å². The van der Waals surface area contributed by atoms with Crippen molar-refractivity contribution in [1.29, 1.82) is 0 Å². The highest BCUT2D eigenvalue weighted by Gasteiger charge is 2.50. The molecule has 3 fully saturated rings. The summed E-state index contributed by atoms with van der Waals surface area (Å²) in [7, 11) is 0. The molecule has 0 amide bonds. The quantitative estimate of drug-likeness (QED) is 0.541. The van der Waals surface area contributed by atoms with Crippen LogP contribution in [0.2, 0.25) is 0 Å². The van der Waals surface area contributed by atoms with Crippen molar-refractivity contribution in [2.75, 3.05) is 0 Å². The zero-order chi connectivity index (χ0) is 10.5. The molecule has 0 aromatic carbocycles. The fourth-order valence-electron chi connectivity index (χ4n) is 4.15. The molecular formula is C15H26. The largest absolute Gasteiger partial charge is 0.0622 e. The van der Waals surface area contributed by atoms with Crippen molar-refractivity contribution < 1.29 is 0 Å². The number of fused-ring (bicyclic) bond motifs is 2. The smallest absolute Gasteiger partial charge is 0.0294 e. The minimum Gasteiger partial charge on any atom is -0.0622 e. The van der Waals surface area contributed by atoms with E-state index in [1.165, 1.54) is 19.3 Å². The van der Waals surface area contributed by atoms with E-state index in [-0.39, 0.29) is 0 Å². The van der Waals surface area contributed by atoms with Gasteiger partial charge in [0.1, 0.15) is 0 Å². The van der Waals surface area contributed by atoms with Crippen molar-refractivity contribution in [3.63, 3.8) is 0 Å². The van der Waals surface area contributed by atoms with Gasteiger partial charge in [0.2, 0.25) is 0 Å². The Bertz CT molecular complexity index is 242. The minimum atomic E-state index is 0.792. The summed E-state index contributed by atoms with van der Waals surface area (Å²) >= 11 is 0. The summed E-state index contributed by atoms with van der Waals surface area (Å²) in [6.07, 6.45) is 12.3. The van der Waals surface area contributed by atoms with Crippen LogP contribution in [0.1, 0.15) is 65.2 Å². The summed E-state index contributed by atoms with van der Waals surface area (Å²) in [4.78, 5) is 0. The van der Waals surface area contributed by atoms with Crippen molar-refractivity contribution in [2.45, 2.75) is 65.2 Å². The topological polar surface area (TPSA) is 0 Å². The average molecular weight is 206 g/mol. The first-order valence-corrected chi connectivity index (χ1v) is 7.19. The Labute approximate surface area is 94.8 Å². The lowest BCUT2D eigenvalue weighted by molar-refractivity contribution is 0.400. The lowest BCUT2D eigenvalue weighted by atomic mass is 9.95. The Morgan fingerprint density at radius 2 is 1.87 bits per heavy atom. The standard InChI is InChI=1S/C15H26/c1-11-5-3-4-6-13-10-15(13,2)8-7-12-9-14(11)12/h11-14H,3-10H2,1-2H3. The van der Waals surface area contributed by atoms with Gasteiger partial charge in [0.15, 0.2) is 0 Å². The molecule has 0 heteroatoms. The lowest BCUT2D eigenvalue weighted by Gasteiger charge is -2.10. The van der Waals surface area contributed by atoms with E-state index >= 15 is 0 Å². The van der Waals surface area contributed by atoms with Gasteiger partial charge in [-0.25, -0.2) is 0 Å². The van der Waals surface area contributed by atoms with Crippen LogP contribution < -0.4 is 0 Å². The molecule has 0 aliphatic heterocycles. The molecule has 0 radical (unpaired) electrons. The lowest BCUT2D eigenvalue weighted by Crippen LogP contribution is -2.00. The van der Waals surface area contributed by atoms with Gasteiger partial charge >= 0.3 is 0 Å². The van der Waals surface area contributed by atoms with Gasteiger partial charge in [-0.05, 0) is 61.2 Å². The second-order valence-corrected chi connectivity index (χ2v) is 7.02. The van der Waals surface area contributed by atoms with Crippen LogP contribution in [0.25, 0.3) is 0 Å². The Morgan fingerprint density at radius 1 is 1.07 bits per heavy atom. The molecule has 0 bridgehead atoms. The summed E-state index contributed by atoms with van der Waals surface area (Å²) in [5, 5.41) is 0. The van der Waals surface area contributed by atoms with E-state index in [0.717, 1.165) is 29.1 Å². The van der Waals surface area contributed by atoms with E-state index in [2.05, 4.69) is 13.8 Å².